The molecule has 0 aromatic heterocycles. The highest BCUT2D eigenvalue weighted by atomic mass is 14.7. The van der Waals surface area contributed by atoms with Gasteiger partial charge in [-0.1, -0.05) is 12.0 Å². The van der Waals surface area contributed by atoms with Gasteiger partial charge in [0.1, 0.15) is 0 Å². The van der Waals surface area contributed by atoms with Crippen molar-refractivity contribution in [1.29, 1.82) is 0 Å². The summed E-state index contributed by atoms with van der Waals surface area (Å²) in [6, 6.07) is 0.194. The Bertz CT molecular complexity index is 238. The quantitative estimate of drug-likeness (QED) is 0.496. The maximum absolute atomic E-state index is 5.99. The monoisotopic (exact) mass is 161 g/mol. The van der Waals surface area contributed by atoms with Crippen LogP contribution in [-0.4, -0.2) is 6.04 Å². The van der Waals surface area contributed by atoms with E-state index in [1.807, 2.05) is 19.1 Å². The highest BCUT2D eigenvalue weighted by molar-refractivity contribution is 5.29. The molecule has 0 spiro atoms. The van der Waals surface area contributed by atoms with Crippen molar-refractivity contribution in [1.82, 2.24) is 0 Å². The van der Waals surface area contributed by atoms with E-state index >= 15 is 0 Å². The minimum absolute atomic E-state index is 0.194. The maximum atomic E-state index is 5.99. The van der Waals surface area contributed by atoms with Gasteiger partial charge in [0.2, 0.25) is 0 Å². The third-order valence-electron chi connectivity index (χ3n) is 2.22. The summed E-state index contributed by atoms with van der Waals surface area (Å²) in [6.07, 6.45) is 13.3. The smallest absolute Gasteiger partial charge is 0.0320 e. The molecule has 1 heteroatoms. The summed E-state index contributed by atoms with van der Waals surface area (Å²) in [6.45, 7) is 2.00. The minimum atomic E-state index is 0.194. The van der Waals surface area contributed by atoms with Crippen molar-refractivity contribution in [3.05, 3.63) is 23.8 Å². The van der Waals surface area contributed by atoms with Crippen LogP contribution in [0.3, 0.4) is 0 Å². The highest BCUT2D eigenvalue weighted by Crippen LogP contribution is 2.34. The van der Waals surface area contributed by atoms with Crippen LogP contribution in [0.4, 0.5) is 0 Å². The molecule has 1 atom stereocenters. The van der Waals surface area contributed by atoms with Gasteiger partial charge in [0.25, 0.3) is 0 Å². The van der Waals surface area contributed by atoms with Gasteiger partial charge < -0.3 is 5.73 Å². The Labute approximate surface area is 74.3 Å². The van der Waals surface area contributed by atoms with E-state index in [4.69, 9.17) is 12.2 Å². The van der Waals surface area contributed by atoms with Crippen LogP contribution in [0.2, 0.25) is 0 Å². The number of nitrogens with two attached hydrogens (primary N) is 1. The van der Waals surface area contributed by atoms with Crippen LogP contribution in [0.5, 0.6) is 0 Å². The number of rotatable bonds is 3. The molecule has 0 amide bonds. The first kappa shape index (κ1) is 9.09. The fourth-order valence-corrected chi connectivity index (χ4v) is 1.27. The Morgan fingerprint density at radius 2 is 2.33 bits per heavy atom. The summed E-state index contributed by atoms with van der Waals surface area (Å²) in [5.41, 5.74) is 7.15. The van der Waals surface area contributed by atoms with E-state index in [0.29, 0.717) is 5.92 Å². The van der Waals surface area contributed by atoms with Crippen LogP contribution >= 0.6 is 0 Å². The van der Waals surface area contributed by atoms with Gasteiger partial charge in [-0.05, 0) is 43.4 Å². The Morgan fingerprint density at radius 3 is 2.75 bits per heavy atom. The molecule has 12 heavy (non-hydrogen) atoms. The van der Waals surface area contributed by atoms with Crippen LogP contribution in [0.15, 0.2) is 23.8 Å². The molecule has 0 saturated heterocycles. The predicted octanol–water partition coefficient (Wildman–Crippen LogP) is 1.86. The fraction of sp³-hybridized carbons (Fsp3) is 0.455. The molecule has 0 aliphatic heterocycles. The summed E-state index contributed by atoms with van der Waals surface area (Å²) in [7, 11) is 0. The van der Waals surface area contributed by atoms with E-state index in [1.165, 1.54) is 12.8 Å². The van der Waals surface area contributed by atoms with Crippen molar-refractivity contribution in [2.24, 2.45) is 11.7 Å². The lowest BCUT2D eigenvalue weighted by Crippen LogP contribution is -2.23. The molecule has 0 aromatic carbocycles. The Kier molecular flexibility index (Phi) is 3.13. The van der Waals surface area contributed by atoms with E-state index in [2.05, 4.69) is 5.92 Å². The predicted molar refractivity (Wildman–Crippen MR) is 52.4 cm³/mol. The number of allylic oxidation sites excluding steroid dienone is 2. The molecular weight excluding hydrogens is 146 g/mol. The van der Waals surface area contributed by atoms with Crippen molar-refractivity contribution in [3.8, 4) is 12.3 Å². The molecule has 2 N–H and O–H groups in total. The van der Waals surface area contributed by atoms with Gasteiger partial charge in [-0.2, -0.15) is 0 Å². The zero-order valence-electron chi connectivity index (χ0n) is 7.46. The van der Waals surface area contributed by atoms with Crippen molar-refractivity contribution in [2.75, 3.05) is 0 Å². The summed E-state index contributed by atoms with van der Waals surface area (Å²) in [5, 5.41) is 0. The standard InChI is InChI=1S/C11H15N/c1-3-5-6-9(4-2)11(12)10-7-8-10/h1,4-6,10-11H,7-8,12H2,2H3/b6-5-,9-4+/t11-/m1/s1. The molecule has 1 nitrogen and oxygen atoms in total. The van der Waals surface area contributed by atoms with Crippen LogP contribution in [0, 0.1) is 18.3 Å². The van der Waals surface area contributed by atoms with Crippen molar-refractivity contribution in [3.63, 3.8) is 0 Å². The summed E-state index contributed by atoms with van der Waals surface area (Å²) < 4.78 is 0. The molecule has 0 aromatic rings. The van der Waals surface area contributed by atoms with E-state index in [1.54, 1.807) is 6.08 Å². The summed E-state index contributed by atoms with van der Waals surface area (Å²) in [4.78, 5) is 0. The average Bonchev–Trinajstić information content (AvgIpc) is 2.88. The normalized spacial score (nSPS) is 20.9. The molecule has 0 unspecified atom stereocenters. The number of terminal acetylenes is 1. The number of hydrogen-bond acceptors (Lipinski definition) is 1. The second-order valence-corrected chi connectivity index (χ2v) is 3.15. The van der Waals surface area contributed by atoms with E-state index in [9.17, 15) is 0 Å². The van der Waals surface area contributed by atoms with Crippen molar-refractivity contribution < 1.29 is 0 Å². The fourth-order valence-electron chi connectivity index (χ4n) is 1.27. The van der Waals surface area contributed by atoms with Gasteiger partial charge in [-0.15, -0.1) is 6.42 Å². The van der Waals surface area contributed by atoms with Crippen LogP contribution in [0.25, 0.3) is 0 Å². The third kappa shape index (κ3) is 2.25. The minimum Gasteiger partial charge on any atom is -0.324 e. The lowest BCUT2D eigenvalue weighted by atomic mass is 10.0. The first-order chi connectivity index (χ1) is 5.79. The molecule has 0 bridgehead atoms. The average molecular weight is 161 g/mol. The van der Waals surface area contributed by atoms with Gasteiger partial charge in [-0.25, -0.2) is 0 Å². The molecule has 1 saturated carbocycles. The molecule has 1 aliphatic rings. The second kappa shape index (κ2) is 4.13. The maximum Gasteiger partial charge on any atom is 0.0320 e. The van der Waals surface area contributed by atoms with Gasteiger partial charge in [0.05, 0.1) is 0 Å². The number of hydrogen-bond donors (Lipinski definition) is 1. The summed E-state index contributed by atoms with van der Waals surface area (Å²) >= 11 is 0. The van der Waals surface area contributed by atoms with Gasteiger partial charge >= 0.3 is 0 Å². The molecule has 64 valence electrons. The first-order valence-electron chi connectivity index (χ1n) is 4.34. The zero-order chi connectivity index (χ0) is 8.97. The molecule has 1 rings (SSSR count). The molecule has 0 radical (unpaired) electrons. The lowest BCUT2D eigenvalue weighted by Gasteiger charge is -2.10. The lowest BCUT2D eigenvalue weighted by molar-refractivity contribution is 0.686. The molecule has 0 heterocycles. The van der Waals surface area contributed by atoms with Gasteiger partial charge in [-0.3, -0.25) is 0 Å². The largest absolute Gasteiger partial charge is 0.324 e. The Hall–Kier alpha value is -1.00. The van der Waals surface area contributed by atoms with Crippen LogP contribution < -0.4 is 5.73 Å². The third-order valence-corrected chi connectivity index (χ3v) is 2.22. The van der Waals surface area contributed by atoms with Gasteiger partial charge in [0, 0.05) is 6.04 Å². The second-order valence-electron chi connectivity index (χ2n) is 3.15. The van der Waals surface area contributed by atoms with E-state index in [-0.39, 0.29) is 6.04 Å². The Balaban J connectivity index is 2.56. The van der Waals surface area contributed by atoms with Crippen LogP contribution in [0.1, 0.15) is 19.8 Å². The van der Waals surface area contributed by atoms with Gasteiger partial charge in [0.15, 0.2) is 0 Å². The topological polar surface area (TPSA) is 26.0 Å². The van der Waals surface area contributed by atoms with Crippen molar-refractivity contribution in [2.45, 2.75) is 25.8 Å². The van der Waals surface area contributed by atoms with E-state index in [0.717, 1.165) is 5.57 Å². The SMILES string of the molecule is C#C/C=C\C(=C/C)[C@@H](N)C1CC1. The summed E-state index contributed by atoms with van der Waals surface area (Å²) in [5.74, 6) is 3.16. The molecule has 1 aliphatic carbocycles. The molecule has 1 fully saturated rings. The highest BCUT2D eigenvalue weighted by Gasteiger charge is 2.29. The first-order valence-corrected chi connectivity index (χ1v) is 4.34. The zero-order valence-corrected chi connectivity index (χ0v) is 7.46. The van der Waals surface area contributed by atoms with E-state index < -0.39 is 0 Å². The Morgan fingerprint density at radius 1 is 1.67 bits per heavy atom. The van der Waals surface area contributed by atoms with Crippen LogP contribution in [-0.2, 0) is 0 Å². The molecular formula is C11H15N. The van der Waals surface area contributed by atoms with Crippen molar-refractivity contribution >= 4 is 0 Å².